The van der Waals surface area contributed by atoms with Crippen molar-refractivity contribution in [2.75, 3.05) is 25.5 Å². The molecular weight excluding hydrogens is 391 g/mol. The first-order valence-corrected chi connectivity index (χ1v) is 9.45. The third kappa shape index (κ3) is 3.08. The molecule has 1 aromatic carbocycles. The number of hydrogen-bond acceptors (Lipinski definition) is 8. The van der Waals surface area contributed by atoms with E-state index in [4.69, 9.17) is 20.9 Å². The van der Waals surface area contributed by atoms with Crippen LogP contribution in [0.3, 0.4) is 0 Å². The number of aromatic nitrogens is 6. The monoisotopic (exact) mass is 410 g/mol. The van der Waals surface area contributed by atoms with E-state index in [0.29, 0.717) is 61.2 Å². The highest BCUT2D eigenvalue weighted by Gasteiger charge is 2.21. The van der Waals surface area contributed by atoms with E-state index in [1.165, 1.54) is 0 Å². The van der Waals surface area contributed by atoms with Crippen LogP contribution in [0, 0.1) is 6.08 Å². The molecule has 0 unspecified atom stereocenters. The van der Waals surface area contributed by atoms with E-state index in [9.17, 15) is 4.39 Å². The minimum absolute atomic E-state index is 0.00998. The quantitative estimate of drug-likeness (QED) is 0.417. The van der Waals surface area contributed by atoms with Gasteiger partial charge in [-0.1, -0.05) is 0 Å². The molecule has 0 amide bonds. The molecule has 10 nitrogen and oxygen atoms in total. The maximum absolute atomic E-state index is 13.8. The van der Waals surface area contributed by atoms with Crippen LogP contribution in [0.1, 0.15) is 11.4 Å². The molecule has 0 atom stereocenters. The zero-order valence-corrected chi connectivity index (χ0v) is 15.9. The maximum Gasteiger partial charge on any atom is 0.312 e. The molecule has 5 rings (SSSR count). The van der Waals surface area contributed by atoms with Gasteiger partial charge in [-0.3, -0.25) is 5.10 Å². The van der Waals surface area contributed by atoms with Gasteiger partial charge in [0.1, 0.15) is 19.0 Å². The number of imidazole rings is 1. The van der Waals surface area contributed by atoms with Gasteiger partial charge in [0.15, 0.2) is 28.5 Å². The molecule has 0 aliphatic carbocycles. The van der Waals surface area contributed by atoms with Crippen molar-refractivity contribution in [1.29, 1.82) is 0 Å². The van der Waals surface area contributed by atoms with Crippen LogP contribution >= 0.6 is 0 Å². The molecule has 0 fully saturated rings. The number of nitrogens with one attached hydrogen (secondary N) is 1. The number of H-pyrrole nitrogens is 1. The zero-order valence-electron chi connectivity index (χ0n) is 15.9. The Labute approximate surface area is 170 Å². The van der Waals surface area contributed by atoms with Crippen molar-refractivity contribution in [2.24, 2.45) is 5.73 Å². The smallest absolute Gasteiger partial charge is 0.312 e. The number of benzene rings is 1. The lowest BCUT2D eigenvalue weighted by Crippen LogP contribution is -2.16. The molecule has 0 bridgehead atoms. The number of anilines is 1. The first-order valence-electron chi connectivity index (χ1n) is 9.45. The minimum Gasteiger partial charge on any atom is -0.486 e. The van der Waals surface area contributed by atoms with Gasteiger partial charge >= 0.3 is 6.08 Å². The maximum atomic E-state index is 13.8. The second-order valence-corrected chi connectivity index (χ2v) is 6.81. The van der Waals surface area contributed by atoms with Crippen LogP contribution in [0.25, 0.3) is 22.4 Å². The molecule has 0 saturated carbocycles. The van der Waals surface area contributed by atoms with E-state index < -0.39 is 6.08 Å². The van der Waals surface area contributed by atoms with Crippen LogP contribution in [0.5, 0.6) is 11.5 Å². The van der Waals surface area contributed by atoms with Gasteiger partial charge in [-0.15, -0.1) is 0 Å². The van der Waals surface area contributed by atoms with Crippen LogP contribution in [0.2, 0.25) is 0 Å². The Kier molecular flexibility index (Phi) is 4.43. The number of nitrogen functional groups attached to an aromatic ring is 1. The summed E-state index contributed by atoms with van der Waals surface area (Å²) >= 11 is 0. The number of hydrogen-bond donors (Lipinski definition) is 3. The average molecular weight is 410 g/mol. The molecule has 4 aromatic rings. The van der Waals surface area contributed by atoms with Gasteiger partial charge < -0.3 is 25.5 Å². The molecule has 0 spiro atoms. The first-order chi connectivity index (χ1) is 14.6. The van der Waals surface area contributed by atoms with Gasteiger partial charge in [0, 0.05) is 31.3 Å². The van der Waals surface area contributed by atoms with Gasteiger partial charge in [-0.2, -0.15) is 19.5 Å². The Morgan fingerprint density at radius 2 is 1.93 bits per heavy atom. The second kappa shape index (κ2) is 7.26. The predicted octanol–water partition coefficient (Wildman–Crippen LogP) is 1.26. The summed E-state index contributed by atoms with van der Waals surface area (Å²) in [5.74, 6) is 1.94. The van der Waals surface area contributed by atoms with Crippen LogP contribution < -0.4 is 20.9 Å². The highest BCUT2D eigenvalue weighted by atomic mass is 19.1. The van der Waals surface area contributed by atoms with Gasteiger partial charge in [0.05, 0.1) is 5.69 Å². The first kappa shape index (κ1) is 18.3. The van der Waals surface area contributed by atoms with E-state index in [2.05, 4.69) is 25.1 Å². The van der Waals surface area contributed by atoms with Crippen molar-refractivity contribution in [3.8, 4) is 22.8 Å². The van der Waals surface area contributed by atoms with Gasteiger partial charge in [-0.25, -0.2) is 4.98 Å². The van der Waals surface area contributed by atoms with E-state index >= 15 is 0 Å². The van der Waals surface area contributed by atoms with Crippen molar-refractivity contribution in [3.63, 3.8) is 0 Å². The van der Waals surface area contributed by atoms with Crippen molar-refractivity contribution in [2.45, 2.75) is 13.0 Å². The number of rotatable bonds is 5. The predicted molar refractivity (Wildman–Crippen MR) is 107 cm³/mol. The summed E-state index contributed by atoms with van der Waals surface area (Å²) in [4.78, 5) is 12.1. The number of halogens is 1. The summed E-state index contributed by atoms with van der Waals surface area (Å²) in [6, 6.07) is 5.70. The lowest BCUT2D eigenvalue weighted by atomic mass is 10.00. The van der Waals surface area contributed by atoms with Crippen molar-refractivity contribution in [3.05, 3.63) is 41.9 Å². The molecule has 3 aromatic heterocycles. The molecule has 4 heterocycles. The summed E-state index contributed by atoms with van der Waals surface area (Å²) in [6.07, 6.45) is 1.25. The molecule has 0 saturated heterocycles. The number of nitrogens with two attached hydrogens (primary N) is 2. The zero-order chi connectivity index (χ0) is 20.7. The van der Waals surface area contributed by atoms with Gasteiger partial charge in [0.25, 0.3) is 0 Å². The molecular formula is C19H19FN8O2. The Morgan fingerprint density at radius 1 is 1.13 bits per heavy atom. The third-order valence-corrected chi connectivity index (χ3v) is 4.92. The molecule has 0 radical (unpaired) electrons. The van der Waals surface area contributed by atoms with Crippen molar-refractivity contribution in [1.82, 2.24) is 29.7 Å². The summed E-state index contributed by atoms with van der Waals surface area (Å²) in [5.41, 5.74) is 14.9. The van der Waals surface area contributed by atoms with Crippen molar-refractivity contribution >= 4 is 17.0 Å². The molecule has 11 heteroatoms. The Morgan fingerprint density at radius 3 is 2.67 bits per heavy atom. The van der Waals surface area contributed by atoms with Crippen LogP contribution in [0.15, 0.2) is 24.4 Å². The highest BCUT2D eigenvalue weighted by molar-refractivity contribution is 5.82. The highest BCUT2D eigenvalue weighted by Crippen LogP contribution is 2.38. The summed E-state index contributed by atoms with van der Waals surface area (Å²) in [7, 11) is 0. The summed E-state index contributed by atoms with van der Waals surface area (Å²) in [5, 5.41) is 7.13. The molecule has 1 aliphatic heterocycles. The van der Waals surface area contributed by atoms with E-state index in [1.54, 1.807) is 10.8 Å². The minimum atomic E-state index is -0.902. The number of ether oxygens (including phenoxy) is 2. The topological polar surface area (TPSA) is 143 Å². The molecule has 5 N–H and O–H groups in total. The van der Waals surface area contributed by atoms with Crippen LogP contribution in [0.4, 0.5) is 10.2 Å². The number of nitrogens with zero attached hydrogens (tertiary/aromatic N) is 5. The van der Waals surface area contributed by atoms with E-state index in [0.717, 1.165) is 16.8 Å². The Balaban J connectivity index is 1.66. The summed E-state index contributed by atoms with van der Waals surface area (Å²) in [6.45, 7) is 1.70. The van der Waals surface area contributed by atoms with Crippen LogP contribution in [-0.4, -0.2) is 49.5 Å². The molecule has 1 aliphatic rings. The third-order valence-electron chi connectivity index (χ3n) is 4.92. The molecule has 30 heavy (non-hydrogen) atoms. The largest absolute Gasteiger partial charge is 0.486 e. The lowest BCUT2D eigenvalue weighted by Gasteiger charge is -2.21. The van der Waals surface area contributed by atoms with Gasteiger partial charge in [0.2, 0.25) is 0 Å². The fourth-order valence-corrected chi connectivity index (χ4v) is 3.63. The SMILES string of the molecule is NCCn1c(Cc2cc3c(cc2-c2cc[nH]n2)OCCO3)nc2c(N)nc(F)nc21. The average Bonchev–Trinajstić information content (AvgIpc) is 3.37. The fourth-order valence-electron chi connectivity index (χ4n) is 3.63. The fraction of sp³-hybridized carbons (Fsp3) is 0.263. The standard InChI is InChI=1S/C19H19FN8O2/c20-19-25-17(22)16-18(26-19)28(4-2-21)15(24-16)8-10-7-13-14(30-6-5-29-13)9-11(10)12-1-3-23-27-12/h1,3,7,9H,2,4-6,8,21H2,(H,23,27)(H2,22,25,26). The Bertz CT molecular complexity index is 1220. The molecule has 154 valence electrons. The second-order valence-electron chi connectivity index (χ2n) is 6.81. The van der Waals surface area contributed by atoms with E-state index in [-0.39, 0.29) is 5.82 Å². The van der Waals surface area contributed by atoms with Gasteiger partial charge in [-0.05, 0) is 23.8 Å². The lowest BCUT2D eigenvalue weighted by molar-refractivity contribution is 0.171. The van der Waals surface area contributed by atoms with E-state index in [1.807, 2.05) is 18.2 Å². The normalized spacial score (nSPS) is 13.1. The summed E-state index contributed by atoms with van der Waals surface area (Å²) < 4.78 is 27.0. The van der Waals surface area contributed by atoms with Crippen LogP contribution in [-0.2, 0) is 13.0 Å². The van der Waals surface area contributed by atoms with Crippen molar-refractivity contribution < 1.29 is 13.9 Å². The number of fused-ring (bicyclic) bond motifs is 2. The number of aromatic amines is 1. The Hall–Kier alpha value is -3.73.